The molecule has 0 amide bonds. The molecule has 0 bridgehead atoms. The Balaban J connectivity index is 2.55. The average molecular weight is 214 g/mol. The number of carbonyl (C=O) groups excluding carboxylic acids is 2. The number of hydrogen-bond donors (Lipinski definition) is 0. The van der Waals surface area contributed by atoms with E-state index in [1.54, 1.807) is 18.2 Å². The van der Waals surface area contributed by atoms with Gasteiger partial charge in [0.1, 0.15) is 0 Å². The Morgan fingerprint density at radius 1 is 1.19 bits per heavy atom. The lowest BCUT2D eigenvalue weighted by atomic mass is 10.0. The number of hydrogen-bond acceptors (Lipinski definition) is 3. The van der Waals surface area contributed by atoms with Gasteiger partial charge in [-0.15, -0.1) is 0 Å². The summed E-state index contributed by atoms with van der Waals surface area (Å²) in [5.41, 5.74) is 1.16. The first kappa shape index (κ1) is 10.4. The van der Waals surface area contributed by atoms with Gasteiger partial charge in [0.15, 0.2) is 0 Å². The standard InChI is InChI=1S/C13H10O3/c1-8(2)6-7-9-4-3-5-10-11(9)13(15)16-12(10)14/h3-5,8H,1-2H3. The fourth-order valence-corrected chi connectivity index (χ4v) is 1.46. The first-order valence-electron chi connectivity index (χ1n) is 5.00. The maximum absolute atomic E-state index is 11.4. The van der Waals surface area contributed by atoms with Crippen molar-refractivity contribution in [3.05, 3.63) is 34.9 Å². The van der Waals surface area contributed by atoms with Gasteiger partial charge in [-0.05, 0) is 12.1 Å². The molecule has 2 rings (SSSR count). The predicted octanol–water partition coefficient (Wildman–Crippen LogP) is 2.00. The number of esters is 2. The SMILES string of the molecule is CC(C)C#Cc1cccc2c1C(=O)OC2=O. The summed E-state index contributed by atoms with van der Waals surface area (Å²) in [7, 11) is 0. The minimum Gasteiger partial charge on any atom is -0.386 e. The number of carbonyl (C=O) groups is 2. The second-order valence-electron chi connectivity index (χ2n) is 3.83. The fraction of sp³-hybridized carbons (Fsp3) is 0.231. The molecule has 1 aromatic rings. The van der Waals surface area contributed by atoms with Crippen molar-refractivity contribution in [3.63, 3.8) is 0 Å². The van der Waals surface area contributed by atoms with Crippen LogP contribution >= 0.6 is 0 Å². The summed E-state index contributed by atoms with van der Waals surface area (Å²) in [5.74, 6) is 4.87. The van der Waals surface area contributed by atoms with E-state index in [0.29, 0.717) is 16.7 Å². The number of benzene rings is 1. The van der Waals surface area contributed by atoms with Gasteiger partial charge < -0.3 is 4.74 Å². The fourth-order valence-electron chi connectivity index (χ4n) is 1.46. The van der Waals surface area contributed by atoms with Crippen LogP contribution in [0.1, 0.15) is 40.1 Å². The van der Waals surface area contributed by atoms with Gasteiger partial charge in [0, 0.05) is 11.5 Å². The number of cyclic esters (lactones) is 2. The monoisotopic (exact) mass is 214 g/mol. The summed E-state index contributed by atoms with van der Waals surface area (Å²) in [6.07, 6.45) is 0. The summed E-state index contributed by atoms with van der Waals surface area (Å²) in [4.78, 5) is 22.7. The van der Waals surface area contributed by atoms with E-state index in [1.807, 2.05) is 13.8 Å². The van der Waals surface area contributed by atoms with Crippen LogP contribution in [0, 0.1) is 17.8 Å². The average Bonchev–Trinajstić information content (AvgIpc) is 2.52. The van der Waals surface area contributed by atoms with E-state index in [1.165, 1.54) is 0 Å². The van der Waals surface area contributed by atoms with Crippen LogP contribution in [0.15, 0.2) is 18.2 Å². The molecule has 1 aliphatic rings. The van der Waals surface area contributed by atoms with Crippen molar-refractivity contribution in [2.24, 2.45) is 5.92 Å². The van der Waals surface area contributed by atoms with E-state index in [-0.39, 0.29) is 5.92 Å². The Kier molecular flexibility index (Phi) is 2.49. The van der Waals surface area contributed by atoms with Crippen molar-refractivity contribution in [2.75, 3.05) is 0 Å². The largest absolute Gasteiger partial charge is 0.386 e. The lowest BCUT2D eigenvalue weighted by molar-refractivity contribution is 0.0444. The lowest BCUT2D eigenvalue weighted by Crippen LogP contribution is -1.98. The third kappa shape index (κ3) is 1.70. The molecule has 1 aliphatic heterocycles. The maximum atomic E-state index is 11.4. The highest BCUT2D eigenvalue weighted by Gasteiger charge is 2.31. The zero-order valence-electron chi connectivity index (χ0n) is 9.03. The first-order chi connectivity index (χ1) is 7.59. The quantitative estimate of drug-likeness (QED) is 0.377. The van der Waals surface area contributed by atoms with Gasteiger partial charge >= 0.3 is 11.9 Å². The molecule has 0 fully saturated rings. The molecule has 0 spiro atoms. The van der Waals surface area contributed by atoms with Gasteiger partial charge in [0.25, 0.3) is 0 Å². The number of rotatable bonds is 0. The molecule has 0 atom stereocenters. The van der Waals surface area contributed by atoms with Crippen molar-refractivity contribution in [3.8, 4) is 11.8 Å². The molecule has 0 saturated carbocycles. The van der Waals surface area contributed by atoms with Crippen LogP contribution < -0.4 is 0 Å². The molecular weight excluding hydrogens is 204 g/mol. The first-order valence-corrected chi connectivity index (χ1v) is 5.00. The smallest absolute Gasteiger partial charge is 0.348 e. The molecule has 0 aromatic heterocycles. The van der Waals surface area contributed by atoms with Gasteiger partial charge in [-0.1, -0.05) is 31.8 Å². The van der Waals surface area contributed by atoms with Gasteiger partial charge in [0.05, 0.1) is 11.1 Å². The van der Waals surface area contributed by atoms with Crippen LogP contribution in [-0.2, 0) is 4.74 Å². The predicted molar refractivity (Wildman–Crippen MR) is 57.9 cm³/mol. The van der Waals surface area contributed by atoms with Crippen LogP contribution in [0.5, 0.6) is 0 Å². The molecule has 0 saturated heterocycles. The van der Waals surface area contributed by atoms with Crippen molar-refractivity contribution in [2.45, 2.75) is 13.8 Å². The molecule has 3 heteroatoms. The Morgan fingerprint density at radius 2 is 1.94 bits per heavy atom. The molecule has 16 heavy (non-hydrogen) atoms. The molecule has 1 aromatic carbocycles. The highest BCUT2D eigenvalue weighted by Crippen LogP contribution is 2.22. The topological polar surface area (TPSA) is 43.4 Å². The zero-order valence-corrected chi connectivity index (χ0v) is 9.03. The van der Waals surface area contributed by atoms with E-state index < -0.39 is 11.9 Å². The molecule has 0 aliphatic carbocycles. The summed E-state index contributed by atoms with van der Waals surface area (Å²) in [5, 5.41) is 0. The van der Waals surface area contributed by atoms with E-state index in [9.17, 15) is 9.59 Å². The Morgan fingerprint density at radius 3 is 2.62 bits per heavy atom. The zero-order chi connectivity index (χ0) is 11.7. The van der Waals surface area contributed by atoms with Gasteiger partial charge in [0.2, 0.25) is 0 Å². The molecule has 0 unspecified atom stereocenters. The third-order valence-electron chi connectivity index (χ3n) is 2.17. The van der Waals surface area contributed by atoms with Gasteiger partial charge in [-0.25, -0.2) is 9.59 Å². The molecule has 1 heterocycles. The van der Waals surface area contributed by atoms with Crippen molar-refractivity contribution < 1.29 is 14.3 Å². The van der Waals surface area contributed by atoms with Crippen LogP contribution in [0.25, 0.3) is 0 Å². The summed E-state index contributed by atoms with van der Waals surface area (Å²) < 4.78 is 4.53. The number of fused-ring (bicyclic) bond motifs is 1. The van der Waals surface area contributed by atoms with E-state index in [0.717, 1.165) is 0 Å². The Bertz CT molecular complexity index is 530. The highest BCUT2D eigenvalue weighted by atomic mass is 16.6. The highest BCUT2D eigenvalue weighted by molar-refractivity contribution is 6.15. The van der Waals surface area contributed by atoms with Crippen molar-refractivity contribution in [1.82, 2.24) is 0 Å². The van der Waals surface area contributed by atoms with Crippen molar-refractivity contribution in [1.29, 1.82) is 0 Å². The van der Waals surface area contributed by atoms with Crippen LogP contribution in [0.3, 0.4) is 0 Å². The van der Waals surface area contributed by atoms with E-state index in [2.05, 4.69) is 16.6 Å². The third-order valence-corrected chi connectivity index (χ3v) is 2.17. The Hall–Kier alpha value is -2.08. The second-order valence-corrected chi connectivity index (χ2v) is 3.83. The van der Waals surface area contributed by atoms with Crippen LogP contribution in [0.4, 0.5) is 0 Å². The van der Waals surface area contributed by atoms with Gasteiger partial charge in [-0.2, -0.15) is 0 Å². The van der Waals surface area contributed by atoms with Crippen LogP contribution in [-0.4, -0.2) is 11.9 Å². The maximum Gasteiger partial charge on any atom is 0.348 e. The summed E-state index contributed by atoms with van der Waals surface area (Å²) in [6, 6.07) is 4.99. The molecule has 80 valence electrons. The minimum atomic E-state index is -0.603. The number of ether oxygens (including phenoxy) is 1. The molecule has 0 radical (unpaired) electrons. The summed E-state index contributed by atoms with van der Waals surface area (Å²) >= 11 is 0. The second kappa shape index (κ2) is 3.82. The van der Waals surface area contributed by atoms with E-state index >= 15 is 0 Å². The lowest BCUT2D eigenvalue weighted by Gasteiger charge is -1.96. The molecule has 3 nitrogen and oxygen atoms in total. The van der Waals surface area contributed by atoms with Crippen molar-refractivity contribution >= 4 is 11.9 Å². The Labute approximate surface area is 93.4 Å². The van der Waals surface area contributed by atoms with Crippen LogP contribution in [0.2, 0.25) is 0 Å². The normalized spacial score (nSPS) is 13.2. The van der Waals surface area contributed by atoms with Gasteiger partial charge in [-0.3, -0.25) is 0 Å². The van der Waals surface area contributed by atoms with E-state index in [4.69, 9.17) is 0 Å². The minimum absolute atomic E-state index is 0.212. The molecular formula is C13H10O3. The molecule has 0 N–H and O–H groups in total. The summed E-state index contributed by atoms with van der Waals surface area (Å²) in [6.45, 7) is 3.92.